The fourth-order valence-corrected chi connectivity index (χ4v) is 3.47. The molecule has 0 saturated carbocycles. The zero-order chi connectivity index (χ0) is 15.7. The predicted octanol–water partition coefficient (Wildman–Crippen LogP) is 6.56. The molecule has 1 aliphatic rings. The summed E-state index contributed by atoms with van der Waals surface area (Å²) in [5.74, 6) is 0. The van der Waals surface area contributed by atoms with Crippen LogP contribution in [0.25, 0.3) is 21.9 Å². The Kier molecular flexibility index (Phi) is 3.78. The van der Waals surface area contributed by atoms with Gasteiger partial charge in [-0.2, -0.15) is 0 Å². The number of rotatable bonds is 0. The zero-order valence-electron chi connectivity index (χ0n) is 14.0. The molecular formula is C22H24. The van der Waals surface area contributed by atoms with Crippen LogP contribution in [0.2, 0.25) is 0 Å². The van der Waals surface area contributed by atoms with Crippen molar-refractivity contribution in [3.8, 4) is 11.1 Å². The molecule has 0 saturated heterocycles. The monoisotopic (exact) mass is 288 g/mol. The fourth-order valence-electron chi connectivity index (χ4n) is 3.47. The number of hydrogen-bond donors (Lipinski definition) is 0. The van der Waals surface area contributed by atoms with Crippen LogP contribution < -0.4 is 0 Å². The minimum Gasteiger partial charge on any atom is -0.0656 e. The Morgan fingerprint density at radius 2 is 1.36 bits per heavy atom. The fraction of sp³-hybridized carbons (Fsp3) is 0.273. The maximum absolute atomic E-state index is 2.33. The molecule has 0 aliphatic heterocycles. The predicted molar refractivity (Wildman–Crippen MR) is 97.5 cm³/mol. The Balaban J connectivity index is 0.000000446. The lowest BCUT2D eigenvalue weighted by atomic mass is 9.82. The molecule has 112 valence electrons. The third-order valence-corrected chi connectivity index (χ3v) is 4.47. The van der Waals surface area contributed by atoms with Crippen LogP contribution in [0, 0.1) is 0 Å². The summed E-state index contributed by atoms with van der Waals surface area (Å²) in [6, 6.07) is 22.1. The van der Waals surface area contributed by atoms with Crippen molar-refractivity contribution in [2.45, 2.75) is 39.5 Å². The van der Waals surface area contributed by atoms with Gasteiger partial charge < -0.3 is 0 Å². The zero-order valence-corrected chi connectivity index (χ0v) is 14.0. The van der Waals surface area contributed by atoms with E-state index in [0.717, 1.165) is 0 Å². The summed E-state index contributed by atoms with van der Waals surface area (Å²) in [7, 11) is 0. The summed E-state index contributed by atoms with van der Waals surface area (Å²) in [5, 5.41) is 2.70. The number of fused-ring (bicyclic) bond motifs is 5. The molecule has 0 heterocycles. The summed E-state index contributed by atoms with van der Waals surface area (Å²) in [5.41, 5.74) is 5.84. The largest absolute Gasteiger partial charge is 0.0656 e. The van der Waals surface area contributed by atoms with Gasteiger partial charge in [0.15, 0.2) is 0 Å². The van der Waals surface area contributed by atoms with E-state index in [-0.39, 0.29) is 5.41 Å². The van der Waals surface area contributed by atoms with Crippen molar-refractivity contribution in [1.82, 2.24) is 0 Å². The van der Waals surface area contributed by atoms with Gasteiger partial charge in [-0.05, 0) is 33.0 Å². The quantitative estimate of drug-likeness (QED) is 0.439. The van der Waals surface area contributed by atoms with Gasteiger partial charge in [0.25, 0.3) is 0 Å². The van der Waals surface area contributed by atoms with Crippen LogP contribution in [0.15, 0.2) is 60.7 Å². The Morgan fingerprint density at radius 1 is 0.727 bits per heavy atom. The molecule has 0 unspecified atom stereocenters. The lowest BCUT2D eigenvalue weighted by molar-refractivity contribution is 0.661. The SMILES string of the molecule is CC1(C)c2ccccc2-c2c1ccc1ccccc21.CCC. The van der Waals surface area contributed by atoms with Crippen molar-refractivity contribution in [2.75, 3.05) is 0 Å². The molecule has 0 spiro atoms. The molecular weight excluding hydrogens is 264 g/mol. The van der Waals surface area contributed by atoms with Crippen LogP contribution in [0.1, 0.15) is 45.2 Å². The van der Waals surface area contributed by atoms with Gasteiger partial charge in [-0.3, -0.25) is 0 Å². The molecule has 4 rings (SSSR count). The second-order valence-corrected chi connectivity index (χ2v) is 6.59. The maximum Gasteiger partial charge on any atom is 0.0159 e. The van der Waals surface area contributed by atoms with E-state index in [4.69, 9.17) is 0 Å². The Labute approximate surface area is 133 Å². The van der Waals surface area contributed by atoms with E-state index in [1.165, 1.54) is 39.4 Å². The molecule has 3 aromatic rings. The van der Waals surface area contributed by atoms with Gasteiger partial charge >= 0.3 is 0 Å². The normalized spacial score (nSPS) is 14.0. The first-order chi connectivity index (χ1) is 10.6. The standard InChI is InChI=1S/C19H16.C3H8/c1-19(2)16-10-6-5-9-15(16)18-14-8-4-3-7-13(14)11-12-17(18)19;1-3-2/h3-12H,1-2H3;3H2,1-2H3. The lowest BCUT2D eigenvalue weighted by Gasteiger charge is -2.21. The highest BCUT2D eigenvalue weighted by Crippen LogP contribution is 2.50. The van der Waals surface area contributed by atoms with Crippen LogP contribution in [0.5, 0.6) is 0 Å². The number of benzene rings is 3. The minimum absolute atomic E-state index is 0.107. The highest BCUT2D eigenvalue weighted by Gasteiger charge is 2.35. The maximum atomic E-state index is 2.33. The van der Waals surface area contributed by atoms with Gasteiger partial charge in [-0.1, -0.05) is 94.8 Å². The second kappa shape index (κ2) is 5.61. The van der Waals surface area contributed by atoms with Crippen molar-refractivity contribution in [3.05, 3.63) is 71.8 Å². The summed E-state index contributed by atoms with van der Waals surface area (Å²) in [6.45, 7) is 8.90. The molecule has 0 atom stereocenters. The first kappa shape index (κ1) is 14.8. The van der Waals surface area contributed by atoms with Crippen molar-refractivity contribution in [2.24, 2.45) is 0 Å². The number of hydrogen-bond acceptors (Lipinski definition) is 0. The molecule has 0 amide bonds. The topological polar surface area (TPSA) is 0 Å². The third-order valence-electron chi connectivity index (χ3n) is 4.47. The molecule has 1 aliphatic carbocycles. The van der Waals surface area contributed by atoms with Gasteiger partial charge in [0, 0.05) is 5.41 Å². The summed E-state index contributed by atoms with van der Waals surface area (Å²) < 4.78 is 0. The summed E-state index contributed by atoms with van der Waals surface area (Å²) in [4.78, 5) is 0. The van der Waals surface area contributed by atoms with E-state index in [0.29, 0.717) is 0 Å². The highest BCUT2D eigenvalue weighted by atomic mass is 14.4. The van der Waals surface area contributed by atoms with E-state index in [2.05, 4.69) is 88.4 Å². The van der Waals surface area contributed by atoms with Crippen LogP contribution >= 0.6 is 0 Å². The van der Waals surface area contributed by atoms with Gasteiger partial charge in [-0.15, -0.1) is 0 Å². The third kappa shape index (κ3) is 2.14. The average Bonchev–Trinajstić information content (AvgIpc) is 2.77. The van der Waals surface area contributed by atoms with Gasteiger partial charge in [0.05, 0.1) is 0 Å². The van der Waals surface area contributed by atoms with E-state index in [1.54, 1.807) is 0 Å². The van der Waals surface area contributed by atoms with Crippen molar-refractivity contribution >= 4 is 10.8 Å². The molecule has 22 heavy (non-hydrogen) atoms. The van der Waals surface area contributed by atoms with Crippen LogP contribution in [-0.2, 0) is 5.41 Å². The molecule has 0 aromatic heterocycles. The van der Waals surface area contributed by atoms with E-state index in [1.807, 2.05) is 0 Å². The van der Waals surface area contributed by atoms with Crippen molar-refractivity contribution in [3.63, 3.8) is 0 Å². The Hall–Kier alpha value is -2.08. The van der Waals surface area contributed by atoms with Crippen LogP contribution in [0.4, 0.5) is 0 Å². The highest BCUT2D eigenvalue weighted by molar-refractivity contribution is 6.02. The van der Waals surface area contributed by atoms with E-state index in [9.17, 15) is 0 Å². The van der Waals surface area contributed by atoms with Gasteiger partial charge in [-0.25, -0.2) is 0 Å². The Bertz CT molecular complexity index is 809. The molecule has 0 nitrogen and oxygen atoms in total. The molecule has 0 radical (unpaired) electrons. The van der Waals surface area contributed by atoms with Crippen molar-refractivity contribution in [1.29, 1.82) is 0 Å². The molecule has 3 aromatic carbocycles. The Morgan fingerprint density at radius 3 is 2.14 bits per heavy atom. The van der Waals surface area contributed by atoms with Crippen LogP contribution in [0.3, 0.4) is 0 Å². The van der Waals surface area contributed by atoms with E-state index >= 15 is 0 Å². The van der Waals surface area contributed by atoms with Gasteiger partial charge in [0.2, 0.25) is 0 Å². The smallest absolute Gasteiger partial charge is 0.0159 e. The average molecular weight is 288 g/mol. The molecule has 0 heteroatoms. The molecule has 0 N–H and O–H groups in total. The summed E-state index contributed by atoms with van der Waals surface area (Å²) >= 11 is 0. The minimum atomic E-state index is 0.107. The second-order valence-electron chi connectivity index (χ2n) is 6.59. The first-order valence-corrected chi connectivity index (χ1v) is 8.23. The first-order valence-electron chi connectivity index (χ1n) is 8.23. The van der Waals surface area contributed by atoms with Crippen molar-refractivity contribution < 1.29 is 0 Å². The molecule has 0 fully saturated rings. The molecule has 0 bridgehead atoms. The van der Waals surface area contributed by atoms with Gasteiger partial charge in [0.1, 0.15) is 0 Å². The lowest BCUT2D eigenvalue weighted by Crippen LogP contribution is -2.14. The summed E-state index contributed by atoms with van der Waals surface area (Å²) in [6.07, 6.45) is 1.25. The van der Waals surface area contributed by atoms with Crippen LogP contribution in [-0.4, -0.2) is 0 Å². The van der Waals surface area contributed by atoms with E-state index < -0.39 is 0 Å².